The first kappa shape index (κ1) is 22.1. The lowest BCUT2D eigenvalue weighted by molar-refractivity contribution is -0.131. The predicted octanol–water partition coefficient (Wildman–Crippen LogP) is 1.65. The lowest BCUT2D eigenvalue weighted by Crippen LogP contribution is -2.45. The van der Waals surface area contributed by atoms with E-state index in [4.69, 9.17) is 0 Å². The average Bonchev–Trinajstić information content (AvgIpc) is 3.31. The Bertz CT molecular complexity index is 708. The van der Waals surface area contributed by atoms with Crippen LogP contribution in [0.2, 0.25) is 0 Å². The molecule has 2 fully saturated rings. The Morgan fingerprint density at radius 1 is 0.967 bits per heavy atom. The molecule has 30 heavy (non-hydrogen) atoms. The Kier molecular flexibility index (Phi) is 8.53. The second-order valence-corrected chi connectivity index (χ2v) is 8.15. The highest BCUT2D eigenvalue weighted by molar-refractivity contribution is 5.88. The van der Waals surface area contributed by atoms with Gasteiger partial charge in [-0.25, -0.2) is 4.99 Å². The summed E-state index contributed by atoms with van der Waals surface area (Å²) in [5, 5.41) is 6.19. The zero-order valence-corrected chi connectivity index (χ0v) is 18.1. The number of piperidine rings is 1. The summed E-state index contributed by atoms with van der Waals surface area (Å²) in [7, 11) is 0. The minimum absolute atomic E-state index is 0.0521. The van der Waals surface area contributed by atoms with Gasteiger partial charge in [-0.2, -0.15) is 0 Å². The third-order valence-corrected chi connectivity index (χ3v) is 5.92. The molecule has 2 aliphatic heterocycles. The van der Waals surface area contributed by atoms with Crippen LogP contribution in [0.25, 0.3) is 0 Å². The summed E-state index contributed by atoms with van der Waals surface area (Å²) in [4.78, 5) is 33.0. The number of nitrogens with zero attached hydrogens (tertiary/aromatic N) is 3. The summed E-state index contributed by atoms with van der Waals surface area (Å²) in [6.07, 6.45) is 5.31. The molecule has 0 unspecified atom stereocenters. The van der Waals surface area contributed by atoms with E-state index >= 15 is 0 Å². The van der Waals surface area contributed by atoms with Crippen LogP contribution in [-0.4, -0.2) is 73.4 Å². The molecule has 7 nitrogen and oxygen atoms in total. The van der Waals surface area contributed by atoms with Crippen LogP contribution in [0.3, 0.4) is 0 Å². The molecule has 0 saturated carbocycles. The minimum atomic E-state index is 0.0521. The van der Waals surface area contributed by atoms with Gasteiger partial charge in [0.05, 0.1) is 6.54 Å². The van der Waals surface area contributed by atoms with Crippen LogP contribution in [0.4, 0.5) is 0 Å². The molecule has 0 bridgehead atoms. The topological polar surface area (TPSA) is 77.0 Å². The highest BCUT2D eigenvalue weighted by atomic mass is 16.2. The van der Waals surface area contributed by atoms with Crippen LogP contribution in [-0.2, 0) is 16.0 Å². The first-order valence-corrected chi connectivity index (χ1v) is 11.3. The molecule has 0 aromatic heterocycles. The Hall–Kier alpha value is -2.57. The summed E-state index contributed by atoms with van der Waals surface area (Å²) >= 11 is 0. The molecule has 2 heterocycles. The van der Waals surface area contributed by atoms with Crippen LogP contribution in [0.5, 0.6) is 0 Å². The first-order chi connectivity index (χ1) is 14.7. The Balaban J connectivity index is 1.41. The molecule has 0 radical (unpaired) electrons. The summed E-state index contributed by atoms with van der Waals surface area (Å²) in [6, 6.07) is 10.6. The number of aliphatic imine (C=N–C) groups is 1. The van der Waals surface area contributed by atoms with Crippen molar-refractivity contribution >= 4 is 17.8 Å². The third-order valence-electron chi connectivity index (χ3n) is 5.92. The van der Waals surface area contributed by atoms with Gasteiger partial charge in [0.1, 0.15) is 6.54 Å². The third kappa shape index (κ3) is 6.75. The van der Waals surface area contributed by atoms with Crippen molar-refractivity contribution < 1.29 is 9.59 Å². The molecular weight excluding hydrogens is 378 g/mol. The van der Waals surface area contributed by atoms with E-state index < -0.39 is 0 Å². The van der Waals surface area contributed by atoms with E-state index in [2.05, 4.69) is 39.9 Å². The lowest BCUT2D eigenvalue weighted by atomic mass is 9.90. The first-order valence-electron chi connectivity index (χ1n) is 11.3. The zero-order valence-electron chi connectivity index (χ0n) is 18.1. The normalized spacial score (nSPS) is 17.8. The molecule has 1 aromatic rings. The van der Waals surface area contributed by atoms with Gasteiger partial charge in [-0.3, -0.25) is 9.59 Å². The van der Waals surface area contributed by atoms with Crippen molar-refractivity contribution in [2.75, 3.05) is 45.8 Å². The second kappa shape index (κ2) is 11.6. The van der Waals surface area contributed by atoms with Crippen LogP contribution < -0.4 is 10.6 Å². The number of likely N-dealkylation sites (tertiary alicyclic amines) is 2. The van der Waals surface area contributed by atoms with E-state index in [1.807, 2.05) is 22.8 Å². The summed E-state index contributed by atoms with van der Waals surface area (Å²) < 4.78 is 0. The largest absolute Gasteiger partial charge is 0.357 e. The van der Waals surface area contributed by atoms with Gasteiger partial charge in [0.2, 0.25) is 11.8 Å². The maximum absolute atomic E-state index is 12.6. The fourth-order valence-electron chi connectivity index (χ4n) is 4.16. The van der Waals surface area contributed by atoms with Crippen LogP contribution in [0.15, 0.2) is 35.3 Å². The minimum Gasteiger partial charge on any atom is -0.357 e. The fourth-order valence-corrected chi connectivity index (χ4v) is 4.16. The summed E-state index contributed by atoms with van der Waals surface area (Å²) in [6.45, 7) is 6.25. The molecule has 2 N–H and O–H groups in total. The van der Waals surface area contributed by atoms with Gasteiger partial charge in [-0.1, -0.05) is 30.3 Å². The van der Waals surface area contributed by atoms with Gasteiger partial charge in [0.15, 0.2) is 5.96 Å². The molecular formula is C23H35N5O2. The maximum Gasteiger partial charge on any atom is 0.244 e. The second-order valence-electron chi connectivity index (χ2n) is 8.15. The van der Waals surface area contributed by atoms with Crippen molar-refractivity contribution in [2.45, 2.75) is 39.0 Å². The number of guanidine groups is 1. The van der Waals surface area contributed by atoms with E-state index in [-0.39, 0.29) is 24.9 Å². The monoisotopic (exact) mass is 413 g/mol. The van der Waals surface area contributed by atoms with Gasteiger partial charge in [0, 0.05) is 32.7 Å². The maximum atomic E-state index is 12.6. The van der Waals surface area contributed by atoms with Gasteiger partial charge >= 0.3 is 0 Å². The highest BCUT2D eigenvalue weighted by Gasteiger charge is 2.23. The smallest absolute Gasteiger partial charge is 0.244 e. The number of carbonyl (C=O) groups is 2. The molecule has 0 spiro atoms. The van der Waals surface area contributed by atoms with Crippen molar-refractivity contribution in [3.8, 4) is 0 Å². The molecule has 2 saturated heterocycles. The molecule has 1 aromatic carbocycles. The Labute approximate surface area is 179 Å². The standard InChI is InChI=1S/C23H35N5O2/c1-2-24-23(25-17-21(29)27-12-6-7-13-27)26-18-22(30)28-14-10-20(11-15-28)16-19-8-4-3-5-9-19/h3-5,8-9,20H,2,6-7,10-18H2,1H3,(H2,24,25,26). The molecule has 3 rings (SSSR count). The van der Waals surface area contributed by atoms with Crippen molar-refractivity contribution in [2.24, 2.45) is 10.9 Å². The number of carbonyl (C=O) groups excluding carboxylic acids is 2. The van der Waals surface area contributed by atoms with Crippen LogP contribution in [0.1, 0.15) is 38.2 Å². The van der Waals surface area contributed by atoms with Gasteiger partial charge < -0.3 is 20.4 Å². The van der Waals surface area contributed by atoms with Crippen molar-refractivity contribution in [1.82, 2.24) is 20.4 Å². The Morgan fingerprint density at radius 2 is 1.63 bits per heavy atom. The SMILES string of the molecule is CCNC(=NCC(=O)N1CCC(Cc2ccccc2)CC1)NCC(=O)N1CCCC1. The number of hydrogen-bond acceptors (Lipinski definition) is 3. The number of nitrogens with one attached hydrogen (secondary N) is 2. The van der Waals surface area contributed by atoms with E-state index in [0.717, 1.165) is 58.3 Å². The van der Waals surface area contributed by atoms with Crippen molar-refractivity contribution in [3.63, 3.8) is 0 Å². The number of hydrogen-bond donors (Lipinski definition) is 2. The van der Waals surface area contributed by atoms with Gasteiger partial charge in [-0.15, -0.1) is 0 Å². The zero-order chi connectivity index (χ0) is 21.2. The summed E-state index contributed by atoms with van der Waals surface area (Å²) in [5.74, 6) is 1.30. The molecule has 164 valence electrons. The fraction of sp³-hybridized carbons (Fsp3) is 0.609. The van der Waals surface area contributed by atoms with Crippen molar-refractivity contribution in [1.29, 1.82) is 0 Å². The van der Waals surface area contributed by atoms with Gasteiger partial charge in [0.25, 0.3) is 0 Å². The summed E-state index contributed by atoms with van der Waals surface area (Å²) in [5.41, 5.74) is 1.37. The number of benzene rings is 1. The molecule has 7 heteroatoms. The van der Waals surface area contributed by atoms with E-state index in [0.29, 0.717) is 18.4 Å². The quantitative estimate of drug-likeness (QED) is 0.526. The average molecular weight is 414 g/mol. The number of rotatable bonds is 7. The lowest BCUT2D eigenvalue weighted by Gasteiger charge is -2.32. The Morgan fingerprint density at radius 3 is 2.30 bits per heavy atom. The van der Waals surface area contributed by atoms with E-state index in [1.165, 1.54) is 5.56 Å². The highest BCUT2D eigenvalue weighted by Crippen LogP contribution is 2.21. The van der Waals surface area contributed by atoms with Crippen molar-refractivity contribution in [3.05, 3.63) is 35.9 Å². The molecule has 0 aliphatic carbocycles. The van der Waals surface area contributed by atoms with Crippen LogP contribution in [0, 0.1) is 5.92 Å². The molecule has 2 amide bonds. The molecule has 0 atom stereocenters. The van der Waals surface area contributed by atoms with Gasteiger partial charge in [-0.05, 0) is 50.5 Å². The molecule has 2 aliphatic rings. The van der Waals surface area contributed by atoms with E-state index in [1.54, 1.807) is 0 Å². The number of amides is 2. The van der Waals surface area contributed by atoms with Crippen LogP contribution >= 0.6 is 0 Å². The van der Waals surface area contributed by atoms with E-state index in [9.17, 15) is 9.59 Å². The predicted molar refractivity (Wildman–Crippen MR) is 119 cm³/mol.